The molecule has 2 aromatic rings. The molecule has 0 heterocycles. The Hall–Kier alpha value is -1.67. The molecule has 5 nitrogen and oxygen atoms in total. The van der Waals surface area contributed by atoms with Crippen LogP contribution in [-0.4, -0.2) is 19.7 Å². The average molecular weight is 476 g/mol. The number of hydrogen-bond donors (Lipinski definition) is 2. The number of aliphatic imine (C=N–C) groups is 1. The SMILES string of the molecule is CCOc1cc(C)ccc1CN=C(N)Nc1ccc(OC)c(Cl)c1.I. The molecule has 0 amide bonds. The van der Waals surface area contributed by atoms with Gasteiger partial charge >= 0.3 is 0 Å². The smallest absolute Gasteiger partial charge is 0.193 e. The Balaban J connectivity index is 0.00000312. The van der Waals surface area contributed by atoms with Gasteiger partial charge in [-0.25, -0.2) is 4.99 Å². The van der Waals surface area contributed by atoms with Crippen molar-refractivity contribution in [2.45, 2.75) is 20.4 Å². The fraction of sp³-hybridized carbons (Fsp3) is 0.278. The van der Waals surface area contributed by atoms with E-state index in [4.69, 9.17) is 26.8 Å². The number of guanidine groups is 1. The standard InChI is InChI=1S/C18H22ClN3O2.HI/c1-4-24-17-9-12(2)5-6-13(17)11-21-18(20)22-14-7-8-16(23-3)15(19)10-14;/h5-10H,4,11H2,1-3H3,(H3,20,21,22);1H. The van der Waals surface area contributed by atoms with Gasteiger partial charge in [0.05, 0.1) is 25.3 Å². The van der Waals surface area contributed by atoms with Crippen LogP contribution in [0, 0.1) is 6.92 Å². The van der Waals surface area contributed by atoms with Crippen molar-refractivity contribution < 1.29 is 9.47 Å². The summed E-state index contributed by atoms with van der Waals surface area (Å²) in [6.07, 6.45) is 0. The second kappa shape index (κ2) is 10.4. The topological polar surface area (TPSA) is 68.9 Å². The van der Waals surface area contributed by atoms with Crippen LogP contribution in [0.1, 0.15) is 18.1 Å². The van der Waals surface area contributed by atoms with Gasteiger partial charge in [-0.2, -0.15) is 0 Å². The number of aryl methyl sites for hydroxylation is 1. The molecule has 0 bridgehead atoms. The minimum Gasteiger partial charge on any atom is -0.495 e. The maximum absolute atomic E-state index is 6.09. The highest BCUT2D eigenvalue weighted by atomic mass is 127. The predicted molar refractivity (Wildman–Crippen MR) is 115 cm³/mol. The molecule has 0 atom stereocenters. The van der Waals surface area contributed by atoms with Gasteiger partial charge in [-0.15, -0.1) is 24.0 Å². The average Bonchev–Trinajstić information content (AvgIpc) is 2.54. The van der Waals surface area contributed by atoms with Gasteiger partial charge in [-0.1, -0.05) is 23.7 Å². The van der Waals surface area contributed by atoms with Gasteiger partial charge in [-0.3, -0.25) is 0 Å². The van der Waals surface area contributed by atoms with Crippen LogP contribution in [0.15, 0.2) is 41.4 Å². The number of halogens is 2. The number of anilines is 1. The van der Waals surface area contributed by atoms with E-state index in [1.165, 1.54) is 0 Å². The highest BCUT2D eigenvalue weighted by Crippen LogP contribution is 2.27. The zero-order valence-corrected chi connectivity index (χ0v) is 17.6. The van der Waals surface area contributed by atoms with Crippen molar-refractivity contribution in [2.24, 2.45) is 10.7 Å². The molecule has 136 valence electrons. The molecule has 0 unspecified atom stereocenters. The van der Waals surface area contributed by atoms with E-state index in [0.29, 0.717) is 29.9 Å². The molecule has 2 aromatic carbocycles. The number of nitrogens with one attached hydrogen (secondary N) is 1. The fourth-order valence-electron chi connectivity index (χ4n) is 2.18. The van der Waals surface area contributed by atoms with E-state index in [0.717, 1.165) is 22.6 Å². The van der Waals surface area contributed by atoms with Gasteiger partial charge in [0.25, 0.3) is 0 Å². The van der Waals surface area contributed by atoms with E-state index in [1.54, 1.807) is 19.2 Å². The quantitative estimate of drug-likeness (QED) is 0.364. The summed E-state index contributed by atoms with van der Waals surface area (Å²) in [5.74, 6) is 1.75. The first kappa shape index (κ1) is 21.4. The molecule has 0 aromatic heterocycles. The lowest BCUT2D eigenvalue weighted by molar-refractivity contribution is 0.336. The van der Waals surface area contributed by atoms with E-state index in [-0.39, 0.29) is 24.0 Å². The highest BCUT2D eigenvalue weighted by Gasteiger charge is 2.05. The van der Waals surface area contributed by atoms with Crippen LogP contribution in [0.25, 0.3) is 0 Å². The van der Waals surface area contributed by atoms with Crippen molar-refractivity contribution in [1.82, 2.24) is 0 Å². The number of methoxy groups -OCH3 is 1. The molecule has 2 rings (SSSR count). The molecule has 0 saturated heterocycles. The zero-order valence-electron chi connectivity index (χ0n) is 14.5. The molecular weight excluding hydrogens is 453 g/mol. The lowest BCUT2D eigenvalue weighted by Crippen LogP contribution is -2.22. The molecule has 0 spiro atoms. The summed E-state index contributed by atoms with van der Waals surface area (Å²) >= 11 is 6.09. The van der Waals surface area contributed by atoms with Gasteiger partial charge in [0.1, 0.15) is 11.5 Å². The fourth-order valence-corrected chi connectivity index (χ4v) is 2.44. The second-order valence-corrected chi connectivity index (χ2v) is 5.63. The predicted octanol–water partition coefficient (Wildman–Crippen LogP) is 4.60. The summed E-state index contributed by atoms with van der Waals surface area (Å²) in [5.41, 5.74) is 8.83. The molecule has 7 heteroatoms. The van der Waals surface area contributed by atoms with Crippen molar-refractivity contribution in [3.8, 4) is 11.5 Å². The maximum Gasteiger partial charge on any atom is 0.193 e. The molecular formula is C18H23ClIN3O2. The third-order valence-electron chi connectivity index (χ3n) is 3.37. The van der Waals surface area contributed by atoms with Crippen LogP contribution in [0.2, 0.25) is 5.02 Å². The summed E-state index contributed by atoms with van der Waals surface area (Å²) in [4.78, 5) is 4.36. The Kier molecular flexibility index (Phi) is 8.85. The van der Waals surface area contributed by atoms with Crippen LogP contribution < -0.4 is 20.5 Å². The maximum atomic E-state index is 6.09. The first-order valence-corrected chi connectivity index (χ1v) is 8.04. The minimum atomic E-state index is 0. The summed E-state index contributed by atoms with van der Waals surface area (Å²) in [6, 6.07) is 11.4. The van der Waals surface area contributed by atoms with Crippen molar-refractivity contribution in [3.05, 3.63) is 52.5 Å². The van der Waals surface area contributed by atoms with Crippen LogP contribution in [-0.2, 0) is 6.54 Å². The summed E-state index contributed by atoms with van der Waals surface area (Å²) in [5, 5.41) is 3.52. The van der Waals surface area contributed by atoms with Gasteiger partial charge in [0, 0.05) is 11.3 Å². The molecule has 25 heavy (non-hydrogen) atoms. The van der Waals surface area contributed by atoms with Gasteiger partial charge in [0.2, 0.25) is 0 Å². The van der Waals surface area contributed by atoms with Gasteiger partial charge in [0.15, 0.2) is 5.96 Å². The number of hydrogen-bond acceptors (Lipinski definition) is 3. The molecule has 0 fully saturated rings. The zero-order chi connectivity index (χ0) is 17.5. The number of rotatable bonds is 6. The van der Waals surface area contributed by atoms with Crippen molar-refractivity contribution in [1.29, 1.82) is 0 Å². The van der Waals surface area contributed by atoms with Crippen LogP contribution in [0.5, 0.6) is 11.5 Å². The first-order valence-electron chi connectivity index (χ1n) is 7.66. The summed E-state index contributed by atoms with van der Waals surface area (Å²) in [7, 11) is 1.57. The molecule has 0 aliphatic carbocycles. The highest BCUT2D eigenvalue weighted by molar-refractivity contribution is 14.0. The lowest BCUT2D eigenvalue weighted by Gasteiger charge is -2.11. The molecule has 3 N–H and O–H groups in total. The minimum absolute atomic E-state index is 0. The second-order valence-electron chi connectivity index (χ2n) is 5.22. The normalized spacial score (nSPS) is 10.8. The van der Waals surface area contributed by atoms with Gasteiger partial charge < -0.3 is 20.5 Å². The number of nitrogens with zero attached hydrogens (tertiary/aromatic N) is 1. The van der Waals surface area contributed by atoms with Gasteiger partial charge in [-0.05, 0) is 43.7 Å². The van der Waals surface area contributed by atoms with E-state index in [9.17, 15) is 0 Å². The lowest BCUT2D eigenvalue weighted by atomic mass is 10.1. The Morgan fingerprint density at radius 2 is 1.96 bits per heavy atom. The summed E-state index contributed by atoms with van der Waals surface area (Å²) < 4.78 is 10.8. The third-order valence-corrected chi connectivity index (χ3v) is 3.66. The number of nitrogens with two attached hydrogens (primary N) is 1. The van der Waals surface area contributed by atoms with E-state index in [1.807, 2.05) is 38.1 Å². The van der Waals surface area contributed by atoms with Crippen molar-refractivity contribution >= 4 is 47.2 Å². The molecule has 0 aliphatic rings. The molecule has 0 saturated carbocycles. The third kappa shape index (κ3) is 6.28. The monoisotopic (exact) mass is 475 g/mol. The van der Waals surface area contributed by atoms with Crippen LogP contribution in [0.4, 0.5) is 5.69 Å². The Labute approximate surface area is 170 Å². The van der Waals surface area contributed by atoms with Crippen molar-refractivity contribution in [2.75, 3.05) is 19.0 Å². The molecule has 0 aliphatic heterocycles. The van der Waals surface area contributed by atoms with Crippen molar-refractivity contribution in [3.63, 3.8) is 0 Å². The van der Waals surface area contributed by atoms with E-state index in [2.05, 4.69) is 10.3 Å². The summed E-state index contributed by atoms with van der Waals surface area (Å²) in [6.45, 7) is 5.02. The number of benzene rings is 2. The Morgan fingerprint density at radius 1 is 1.20 bits per heavy atom. The van der Waals surface area contributed by atoms with Crippen LogP contribution in [0.3, 0.4) is 0 Å². The van der Waals surface area contributed by atoms with E-state index >= 15 is 0 Å². The largest absolute Gasteiger partial charge is 0.495 e. The molecule has 0 radical (unpaired) electrons. The Morgan fingerprint density at radius 3 is 2.60 bits per heavy atom. The first-order chi connectivity index (χ1) is 11.5. The Bertz CT molecular complexity index is 738. The van der Waals surface area contributed by atoms with E-state index < -0.39 is 0 Å². The number of ether oxygens (including phenoxy) is 2. The van der Waals surface area contributed by atoms with Crippen LogP contribution >= 0.6 is 35.6 Å².